The van der Waals surface area contributed by atoms with E-state index in [0.29, 0.717) is 12.8 Å². The number of hydrogen-bond donors (Lipinski definition) is 0. The van der Waals surface area contributed by atoms with Crippen molar-refractivity contribution >= 4 is 11.6 Å². The monoisotopic (exact) mass is 190 g/mol. The molecule has 1 aromatic carbocycles. The van der Waals surface area contributed by atoms with Gasteiger partial charge < -0.3 is 0 Å². The van der Waals surface area contributed by atoms with Crippen LogP contribution in [0.5, 0.6) is 0 Å². The lowest BCUT2D eigenvalue weighted by Crippen LogP contribution is -2.09. The first-order valence-electron chi connectivity index (χ1n) is 4.69. The summed E-state index contributed by atoms with van der Waals surface area (Å²) in [7, 11) is 0. The van der Waals surface area contributed by atoms with Crippen LogP contribution in [0.2, 0.25) is 0 Å². The van der Waals surface area contributed by atoms with E-state index in [1.54, 1.807) is 0 Å². The number of rotatable bonds is 4. The first kappa shape index (κ1) is 10.6. The molecule has 14 heavy (non-hydrogen) atoms. The summed E-state index contributed by atoms with van der Waals surface area (Å²) in [4.78, 5) is 21.7. The molecule has 0 saturated heterocycles. The van der Waals surface area contributed by atoms with Crippen molar-refractivity contribution in [2.75, 3.05) is 0 Å². The van der Waals surface area contributed by atoms with E-state index < -0.39 is 0 Å². The highest BCUT2D eigenvalue weighted by Gasteiger charge is 2.06. The highest BCUT2D eigenvalue weighted by molar-refractivity contribution is 6.36. The number of aryl methyl sites for hydroxylation is 2. The predicted molar refractivity (Wildman–Crippen MR) is 55.2 cm³/mol. The molecule has 0 N–H and O–H groups in total. The highest BCUT2D eigenvalue weighted by atomic mass is 16.2. The van der Waals surface area contributed by atoms with Crippen molar-refractivity contribution in [3.8, 4) is 0 Å². The second-order valence-electron chi connectivity index (χ2n) is 3.46. The van der Waals surface area contributed by atoms with Gasteiger partial charge in [0.1, 0.15) is 0 Å². The molecular formula is C12H14O2. The first-order valence-corrected chi connectivity index (χ1v) is 4.69. The van der Waals surface area contributed by atoms with Crippen molar-refractivity contribution in [1.82, 2.24) is 0 Å². The molecule has 0 aliphatic rings. The minimum absolute atomic E-state index is 0.287. The van der Waals surface area contributed by atoms with E-state index in [-0.39, 0.29) is 11.6 Å². The van der Waals surface area contributed by atoms with Crippen LogP contribution in [-0.2, 0) is 16.0 Å². The van der Waals surface area contributed by atoms with E-state index in [2.05, 4.69) is 0 Å². The Kier molecular flexibility index (Phi) is 3.57. The van der Waals surface area contributed by atoms with Crippen LogP contribution in [0.15, 0.2) is 24.3 Å². The van der Waals surface area contributed by atoms with Gasteiger partial charge in [0.2, 0.25) is 0 Å². The van der Waals surface area contributed by atoms with Crippen molar-refractivity contribution in [2.45, 2.75) is 26.7 Å². The van der Waals surface area contributed by atoms with Gasteiger partial charge >= 0.3 is 0 Å². The molecule has 0 bridgehead atoms. The highest BCUT2D eigenvalue weighted by Crippen LogP contribution is 2.06. The van der Waals surface area contributed by atoms with Crippen LogP contribution in [0.4, 0.5) is 0 Å². The van der Waals surface area contributed by atoms with Crippen molar-refractivity contribution < 1.29 is 9.59 Å². The Bertz CT molecular complexity index is 336. The largest absolute Gasteiger partial charge is 0.291 e. The van der Waals surface area contributed by atoms with Crippen LogP contribution in [0.1, 0.15) is 24.5 Å². The molecule has 0 spiro atoms. The summed E-state index contributed by atoms with van der Waals surface area (Å²) in [6.07, 6.45) is 0.969. The molecule has 2 nitrogen and oxygen atoms in total. The number of Topliss-reactive ketones (excluding diaryl/α,β-unsaturated/α-hetero) is 2. The van der Waals surface area contributed by atoms with Crippen LogP contribution in [0.25, 0.3) is 0 Å². The van der Waals surface area contributed by atoms with Crippen LogP contribution >= 0.6 is 0 Å². The third-order valence-corrected chi connectivity index (χ3v) is 2.15. The third-order valence-electron chi connectivity index (χ3n) is 2.15. The Balaban J connectivity index is 2.50. The Morgan fingerprint density at radius 1 is 1.14 bits per heavy atom. The number of carbonyl (C=O) groups is 2. The Morgan fingerprint density at radius 2 is 1.71 bits per heavy atom. The maximum Gasteiger partial charge on any atom is 0.198 e. The zero-order chi connectivity index (χ0) is 10.6. The summed E-state index contributed by atoms with van der Waals surface area (Å²) in [5.74, 6) is -0.636. The third kappa shape index (κ3) is 3.13. The minimum atomic E-state index is -0.350. The molecule has 0 radical (unpaired) electrons. The van der Waals surface area contributed by atoms with Gasteiger partial charge in [0.25, 0.3) is 0 Å². The van der Waals surface area contributed by atoms with Gasteiger partial charge in [0.15, 0.2) is 11.6 Å². The number of benzene rings is 1. The zero-order valence-electron chi connectivity index (χ0n) is 8.54. The molecule has 1 aromatic rings. The molecule has 0 amide bonds. The second-order valence-corrected chi connectivity index (χ2v) is 3.46. The van der Waals surface area contributed by atoms with E-state index >= 15 is 0 Å². The fourth-order valence-electron chi connectivity index (χ4n) is 1.19. The summed E-state index contributed by atoms with van der Waals surface area (Å²) in [5.41, 5.74) is 2.30. The predicted octanol–water partition coefficient (Wildman–Crippen LogP) is 2.09. The standard InChI is InChI=1S/C12H14O2/c1-9-3-5-11(6-4-9)7-8-12(14)10(2)13/h3-6H,7-8H2,1-2H3. The normalized spacial score (nSPS) is 9.86. The topological polar surface area (TPSA) is 34.1 Å². The van der Waals surface area contributed by atoms with Crippen molar-refractivity contribution in [2.24, 2.45) is 0 Å². The lowest BCUT2D eigenvalue weighted by molar-refractivity contribution is -0.135. The van der Waals surface area contributed by atoms with Gasteiger partial charge in [0.05, 0.1) is 0 Å². The van der Waals surface area contributed by atoms with Gasteiger partial charge in [-0.25, -0.2) is 0 Å². The van der Waals surface area contributed by atoms with E-state index in [9.17, 15) is 9.59 Å². The zero-order valence-corrected chi connectivity index (χ0v) is 8.54. The molecule has 0 heterocycles. The molecule has 0 unspecified atom stereocenters. The van der Waals surface area contributed by atoms with E-state index in [0.717, 1.165) is 5.56 Å². The quantitative estimate of drug-likeness (QED) is 0.681. The van der Waals surface area contributed by atoms with Gasteiger partial charge in [-0.05, 0) is 18.9 Å². The van der Waals surface area contributed by atoms with Gasteiger partial charge in [-0.1, -0.05) is 29.8 Å². The first-order chi connectivity index (χ1) is 6.59. The molecule has 0 saturated carbocycles. The van der Waals surface area contributed by atoms with Crippen molar-refractivity contribution in [3.63, 3.8) is 0 Å². The summed E-state index contributed by atoms with van der Waals surface area (Å²) < 4.78 is 0. The molecule has 0 atom stereocenters. The van der Waals surface area contributed by atoms with Gasteiger partial charge in [-0.3, -0.25) is 9.59 Å². The van der Waals surface area contributed by atoms with Gasteiger partial charge in [-0.15, -0.1) is 0 Å². The van der Waals surface area contributed by atoms with Crippen LogP contribution in [0.3, 0.4) is 0 Å². The number of ketones is 2. The average Bonchev–Trinajstić information content (AvgIpc) is 2.16. The maximum absolute atomic E-state index is 11.0. The number of hydrogen-bond acceptors (Lipinski definition) is 2. The van der Waals surface area contributed by atoms with Crippen molar-refractivity contribution in [1.29, 1.82) is 0 Å². The summed E-state index contributed by atoms with van der Waals surface area (Å²) in [6.45, 7) is 3.34. The molecule has 0 aromatic heterocycles. The molecule has 74 valence electrons. The lowest BCUT2D eigenvalue weighted by Gasteiger charge is -1.99. The number of carbonyl (C=O) groups excluding carboxylic acids is 2. The second kappa shape index (κ2) is 4.70. The van der Waals surface area contributed by atoms with Crippen LogP contribution in [-0.4, -0.2) is 11.6 Å². The Labute approximate surface area is 83.9 Å². The van der Waals surface area contributed by atoms with Gasteiger partial charge in [-0.2, -0.15) is 0 Å². The molecule has 1 rings (SSSR count). The van der Waals surface area contributed by atoms with Crippen LogP contribution < -0.4 is 0 Å². The minimum Gasteiger partial charge on any atom is -0.291 e. The summed E-state index contributed by atoms with van der Waals surface area (Å²) in [5, 5.41) is 0. The molecule has 0 aliphatic carbocycles. The average molecular weight is 190 g/mol. The van der Waals surface area contributed by atoms with E-state index in [1.807, 2.05) is 31.2 Å². The molecule has 0 fully saturated rings. The fourth-order valence-corrected chi connectivity index (χ4v) is 1.19. The molecule has 0 aliphatic heterocycles. The smallest absolute Gasteiger partial charge is 0.198 e. The van der Waals surface area contributed by atoms with Crippen LogP contribution in [0, 0.1) is 6.92 Å². The summed E-state index contributed by atoms with van der Waals surface area (Å²) >= 11 is 0. The SMILES string of the molecule is CC(=O)C(=O)CCc1ccc(C)cc1. The molecular weight excluding hydrogens is 176 g/mol. The Morgan fingerprint density at radius 3 is 2.21 bits per heavy atom. The van der Waals surface area contributed by atoms with Crippen molar-refractivity contribution in [3.05, 3.63) is 35.4 Å². The summed E-state index contributed by atoms with van der Waals surface area (Å²) in [6, 6.07) is 7.99. The fraction of sp³-hybridized carbons (Fsp3) is 0.333. The lowest BCUT2D eigenvalue weighted by atomic mass is 10.0. The van der Waals surface area contributed by atoms with E-state index in [4.69, 9.17) is 0 Å². The maximum atomic E-state index is 11.0. The molecule has 2 heteroatoms. The Hall–Kier alpha value is -1.44. The van der Waals surface area contributed by atoms with E-state index in [1.165, 1.54) is 12.5 Å². The van der Waals surface area contributed by atoms with Gasteiger partial charge in [0, 0.05) is 13.3 Å².